The van der Waals surface area contributed by atoms with Gasteiger partial charge in [-0.1, -0.05) is 146 Å². The van der Waals surface area contributed by atoms with Gasteiger partial charge in [0, 0.05) is 32.9 Å². The molecule has 0 aliphatic rings. The van der Waals surface area contributed by atoms with E-state index in [1.54, 1.807) is 0 Å². The summed E-state index contributed by atoms with van der Waals surface area (Å²) in [4.78, 5) is 0. The molecular weight excluding hydrogens is 653 g/mol. The molecule has 252 valence electrons. The summed E-state index contributed by atoms with van der Waals surface area (Å²) >= 11 is 0. The molecular formula is C52H34N2. The van der Waals surface area contributed by atoms with Crippen LogP contribution < -0.4 is 0 Å². The number of para-hydroxylation sites is 2. The highest BCUT2D eigenvalue weighted by molar-refractivity contribution is 6.19. The van der Waals surface area contributed by atoms with Gasteiger partial charge in [-0.05, 0) is 105 Å². The lowest BCUT2D eigenvalue weighted by Gasteiger charge is -2.11. The summed E-state index contributed by atoms with van der Waals surface area (Å²) in [5.41, 5.74) is 14.5. The highest BCUT2D eigenvalue weighted by Gasteiger charge is 2.18. The second-order valence-electron chi connectivity index (χ2n) is 14.2. The maximum Gasteiger partial charge on any atom is 0.0548 e. The fourth-order valence-corrected chi connectivity index (χ4v) is 8.46. The lowest BCUT2D eigenvalue weighted by atomic mass is 9.97. The molecule has 0 unspecified atom stereocenters. The predicted octanol–water partition coefficient (Wildman–Crippen LogP) is 14.0. The zero-order valence-electron chi connectivity index (χ0n) is 29.5. The van der Waals surface area contributed by atoms with E-state index >= 15 is 0 Å². The Kier molecular flexibility index (Phi) is 6.90. The van der Waals surface area contributed by atoms with Gasteiger partial charge in [-0.25, -0.2) is 0 Å². The summed E-state index contributed by atoms with van der Waals surface area (Å²) in [5.74, 6) is 0. The van der Waals surface area contributed by atoms with Gasteiger partial charge < -0.3 is 9.13 Å². The first-order chi connectivity index (χ1) is 26.8. The normalized spacial score (nSPS) is 11.7. The van der Waals surface area contributed by atoms with Crippen LogP contribution in [-0.4, -0.2) is 9.13 Å². The van der Waals surface area contributed by atoms with Gasteiger partial charge in [0.1, 0.15) is 0 Å². The van der Waals surface area contributed by atoms with E-state index in [1.165, 1.54) is 87.8 Å². The lowest BCUT2D eigenvalue weighted by molar-refractivity contribution is 1.17. The molecule has 2 nitrogen and oxygen atoms in total. The van der Waals surface area contributed by atoms with Crippen LogP contribution in [0.1, 0.15) is 0 Å². The summed E-state index contributed by atoms with van der Waals surface area (Å²) in [6.07, 6.45) is 0. The third-order valence-electron chi connectivity index (χ3n) is 11.1. The minimum Gasteiger partial charge on any atom is -0.309 e. The largest absolute Gasteiger partial charge is 0.309 e. The molecule has 0 spiro atoms. The fourth-order valence-electron chi connectivity index (χ4n) is 8.46. The van der Waals surface area contributed by atoms with Crippen molar-refractivity contribution >= 4 is 54.4 Å². The van der Waals surface area contributed by atoms with Crippen molar-refractivity contribution in [2.24, 2.45) is 0 Å². The zero-order chi connectivity index (χ0) is 35.6. The average molecular weight is 687 g/mol. The van der Waals surface area contributed by atoms with E-state index in [4.69, 9.17) is 0 Å². The van der Waals surface area contributed by atoms with Crippen molar-refractivity contribution in [2.75, 3.05) is 0 Å². The molecule has 0 N–H and O–H groups in total. The maximum absolute atomic E-state index is 2.43. The van der Waals surface area contributed by atoms with Gasteiger partial charge in [0.25, 0.3) is 0 Å². The Balaban J connectivity index is 1.03. The number of rotatable bonds is 5. The molecule has 11 rings (SSSR count). The second kappa shape index (κ2) is 12.2. The average Bonchev–Trinajstić information content (AvgIpc) is 3.75. The zero-order valence-corrected chi connectivity index (χ0v) is 29.5. The summed E-state index contributed by atoms with van der Waals surface area (Å²) in [6, 6.07) is 75.2. The number of hydrogen-bond donors (Lipinski definition) is 0. The highest BCUT2D eigenvalue weighted by atomic mass is 15.0. The monoisotopic (exact) mass is 686 g/mol. The molecule has 0 saturated carbocycles. The third-order valence-corrected chi connectivity index (χ3v) is 11.1. The Labute approximate surface area is 313 Å². The quantitative estimate of drug-likeness (QED) is 0.171. The van der Waals surface area contributed by atoms with E-state index < -0.39 is 0 Å². The van der Waals surface area contributed by atoms with E-state index in [9.17, 15) is 0 Å². The molecule has 0 fully saturated rings. The molecule has 0 radical (unpaired) electrons. The summed E-state index contributed by atoms with van der Waals surface area (Å²) in [6.45, 7) is 0. The topological polar surface area (TPSA) is 9.86 Å². The van der Waals surface area contributed by atoms with Crippen LogP contribution in [-0.2, 0) is 0 Å². The second-order valence-corrected chi connectivity index (χ2v) is 14.2. The Morgan fingerprint density at radius 1 is 0.222 bits per heavy atom. The van der Waals surface area contributed by atoms with Crippen LogP contribution in [0.4, 0.5) is 0 Å². The predicted molar refractivity (Wildman–Crippen MR) is 229 cm³/mol. The van der Waals surface area contributed by atoms with Crippen molar-refractivity contribution < 1.29 is 0 Å². The van der Waals surface area contributed by atoms with Crippen LogP contribution in [0.3, 0.4) is 0 Å². The Morgan fingerprint density at radius 2 is 0.574 bits per heavy atom. The Morgan fingerprint density at radius 3 is 1.04 bits per heavy atom. The lowest BCUT2D eigenvalue weighted by Crippen LogP contribution is -1.95. The smallest absolute Gasteiger partial charge is 0.0548 e. The standard InChI is InChI=1S/C52H34N2/c1-3-11-35(12-4-1)37-23-27-43(28-24-37)53-49-17-9-7-15-45(49)47-34-52-48(33-51(47)53)46-16-8-10-18-50(46)54(52)44-29-25-38(26-30-44)40-20-22-41-31-39(19-21-42(41)32-40)36-13-5-2-6-14-36/h1-34H. The first-order valence-corrected chi connectivity index (χ1v) is 18.6. The fraction of sp³-hybridized carbons (Fsp3) is 0. The van der Waals surface area contributed by atoms with E-state index in [1.807, 2.05) is 0 Å². The maximum atomic E-state index is 2.43. The van der Waals surface area contributed by atoms with E-state index in [-0.39, 0.29) is 0 Å². The number of aromatic nitrogens is 2. The number of benzene rings is 9. The first-order valence-electron chi connectivity index (χ1n) is 18.6. The minimum atomic E-state index is 1.15. The van der Waals surface area contributed by atoms with Crippen molar-refractivity contribution in [1.29, 1.82) is 0 Å². The highest BCUT2D eigenvalue weighted by Crippen LogP contribution is 2.40. The van der Waals surface area contributed by atoms with Crippen molar-refractivity contribution in [3.63, 3.8) is 0 Å². The number of nitrogens with zero attached hydrogens (tertiary/aromatic N) is 2. The van der Waals surface area contributed by atoms with Gasteiger partial charge in [-0.3, -0.25) is 0 Å². The SMILES string of the molecule is c1ccc(-c2ccc(-n3c4ccccc4c4cc5c(cc43)c3ccccc3n5-c3ccc(-c4ccc5cc(-c6ccccc6)ccc5c4)cc3)cc2)cc1. The molecule has 0 aliphatic heterocycles. The first kappa shape index (κ1) is 30.5. The summed E-state index contributed by atoms with van der Waals surface area (Å²) < 4.78 is 4.85. The molecule has 0 bridgehead atoms. The Bertz CT molecular complexity index is 3170. The van der Waals surface area contributed by atoms with E-state index in [0.29, 0.717) is 0 Å². The van der Waals surface area contributed by atoms with Crippen LogP contribution in [0.15, 0.2) is 206 Å². The third kappa shape index (κ3) is 4.88. The van der Waals surface area contributed by atoms with Crippen molar-refractivity contribution in [3.05, 3.63) is 206 Å². The Hall–Kier alpha value is -7.16. The van der Waals surface area contributed by atoms with Crippen molar-refractivity contribution in [3.8, 4) is 44.8 Å². The van der Waals surface area contributed by atoms with E-state index in [0.717, 1.165) is 11.4 Å². The van der Waals surface area contributed by atoms with Crippen LogP contribution in [0.25, 0.3) is 99.1 Å². The van der Waals surface area contributed by atoms with Gasteiger partial charge >= 0.3 is 0 Å². The van der Waals surface area contributed by atoms with Crippen LogP contribution in [0.5, 0.6) is 0 Å². The molecule has 2 heterocycles. The van der Waals surface area contributed by atoms with Gasteiger partial charge in [0.05, 0.1) is 22.1 Å². The van der Waals surface area contributed by atoms with Gasteiger partial charge in [0.15, 0.2) is 0 Å². The molecule has 2 aromatic heterocycles. The summed E-state index contributed by atoms with van der Waals surface area (Å²) in [7, 11) is 0. The van der Waals surface area contributed by atoms with Gasteiger partial charge in [-0.2, -0.15) is 0 Å². The molecule has 2 heteroatoms. The molecule has 0 saturated heterocycles. The molecule has 54 heavy (non-hydrogen) atoms. The van der Waals surface area contributed by atoms with Crippen LogP contribution >= 0.6 is 0 Å². The number of fused-ring (bicyclic) bond motifs is 7. The van der Waals surface area contributed by atoms with E-state index in [2.05, 4.69) is 215 Å². The minimum absolute atomic E-state index is 1.15. The van der Waals surface area contributed by atoms with Crippen molar-refractivity contribution in [1.82, 2.24) is 9.13 Å². The number of hydrogen-bond acceptors (Lipinski definition) is 0. The van der Waals surface area contributed by atoms with Gasteiger partial charge in [-0.15, -0.1) is 0 Å². The summed E-state index contributed by atoms with van der Waals surface area (Å²) in [5, 5.41) is 7.49. The molecule has 0 atom stereocenters. The van der Waals surface area contributed by atoms with Crippen LogP contribution in [0, 0.1) is 0 Å². The molecule has 0 aliphatic carbocycles. The molecule has 9 aromatic carbocycles. The van der Waals surface area contributed by atoms with Crippen LogP contribution in [0.2, 0.25) is 0 Å². The van der Waals surface area contributed by atoms with Crippen molar-refractivity contribution in [2.45, 2.75) is 0 Å². The molecule has 0 amide bonds. The molecule has 11 aromatic rings. The van der Waals surface area contributed by atoms with Gasteiger partial charge in [0.2, 0.25) is 0 Å².